The Hall–Kier alpha value is -1.39. The molecule has 2 rings (SSSR count). The first kappa shape index (κ1) is 15.0. The van der Waals surface area contributed by atoms with Crippen LogP contribution in [0.2, 0.25) is 0 Å². The fourth-order valence-corrected chi connectivity index (χ4v) is 3.10. The maximum absolute atomic E-state index is 11.1. The third-order valence-corrected chi connectivity index (χ3v) is 4.42. The lowest BCUT2D eigenvalue weighted by Crippen LogP contribution is -2.13. The highest BCUT2D eigenvalue weighted by Crippen LogP contribution is 2.20. The van der Waals surface area contributed by atoms with E-state index in [0.717, 1.165) is 16.3 Å². The molecule has 0 aliphatic carbocycles. The molecule has 3 nitrogen and oxygen atoms in total. The first-order chi connectivity index (χ1) is 9.46. The molecule has 108 valence electrons. The van der Waals surface area contributed by atoms with Gasteiger partial charge in [0.05, 0.1) is 6.10 Å². The lowest BCUT2D eigenvalue weighted by molar-refractivity contribution is 0.164. The molecule has 0 bridgehead atoms. The fraction of sp³-hybridized carbons (Fsp3) is 0.375. The Morgan fingerprint density at radius 2 is 1.80 bits per heavy atom. The molecule has 2 aromatic carbocycles. The second-order valence-corrected chi connectivity index (χ2v) is 7.53. The molecule has 0 saturated carbocycles. The van der Waals surface area contributed by atoms with Crippen LogP contribution in [0.3, 0.4) is 0 Å². The van der Waals surface area contributed by atoms with E-state index in [1.54, 1.807) is 0 Å². The monoisotopic (exact) mass is 292 g/mol. The molecular formula is C16H20O3S. The highest BCUT2D eigenvalue weighted by molar-refractivity contribution is 7.90. The average molecular weight is 292 g/mol. The molecule has 2 aromatic rings. The Morgan fingerprint density at radius 3 is 2.55 bits per heavy atom. The summed E-state index contributed by atoms with van der Waals surface area (Å²) in [5.74, 6) is 0.138. The van der Waals surface area contributed by atoms with Gasteiger partial charge in [0.25, 0.3) is 0 Å². The molecule has 0 fully saturated rings. The smallest absolute Gasteiger partial charge is 0.147 e. The third-order valence-electron chi connectivity index (χ3n) is 3.39. The van der Waals surface area contributed by atoms with Crippen LogP contribution in [-0.4, -0.2) is 31.6 Å². The molecule has 1 N–H and O–H groups in total. The average Bonchev–Trinajstić information content (AvgIpc) is 2.37. The molecule has 0 radical (unpaired) electrons. The van der Waals surface area contributed by atoms with Crippen molar-refractivity contribution in [1.29, 1.82) is 0 Å². The van der Waals surface area contributed by atoms with Crippen LogP contribution in [0.4, 0.5) is 0 Å². The van der Waals surface area contributed by atoms with Crippen molar-refractivity contribution in [3.05, 3.63) is 48.0 Å². The van der Waals surface area contributed by atoms with E-state index in [0.29, 0.717) is 19.3 Å². The van der Waals surface area contributed by atoms with Crippen LogP contribution in [0.1, 0.15) is 18.4 Å². The third kappa shape index (κ3) is 4.32. The Morgan fingerprint density at radius 1 is 1.10 bits per heavy atom. The van der Waals surface area contributed by atoms with Crippen molar-refractivity contribution >= 4 is 20.6 Å². The van der Waals surface area contributed by atoms with Gasteiger partial charge in [-0.15, -0.1) is 0 Å². The zero-order valence-electron chi connectivity index (χ0n) is 11.6. The zero-order valence-corrected chi connectivity index (χ0v) is 12.4. The van der Waals surface area contributed by atoms with Gasteiger partial charge in [-0.05, 0) is 35.6 Å². The lowest BCUT2D eigenvalue weighted by atomic mass is 9.98. The molecular weight excluding hydrogens is 272 g/mol. The second kappa shape index (κ2) is 6.37. The highest BCUT2D eigenvalue weighted by atomic mass is 32.2. The summed E-state index contributed by atoms with van der Waals surface area (Å²) in [6, 6.07) is 14.1. The lowest BCUT2D eigenvalue weighted by Gasteiger charge is -2.12. The summed E-state index contributed by atoms with van der Waals surface area (Å²) in [5, 5.41) is 12.4. The topological polar surface area (TPSA) is 54.4 Å². The highest BCUT2D eigenvalue weighted by Gasteiger charge is 2.10. The van der Waals surface area contributed by atoms with Crippen molar-refractivity contribution in [3.8, 4) is 0 Å². The van der Waals surface area contributed by atoms with Crippen LogP contribution in [0.5, 0.6) is 0 Å². The number of benzene rings is 2. The van der Waals surface area contributed by atoms with Gasteiger partial charge in [-0.3, -0.25) is 0 Å². The number of hydrogen-bond acceptors (Lipinski definition) is 3. The molecule has 0 amide bonds. The van der Waals surface area contributed by atoms with E-state index in [1.165, 1.54) is 6.26 Å². The minimum Gasteiger partial charge on any atom is -0.393 e. The van der Waals surface area contributed by atoms with Gasteiger partial charge in [0.15, 0.2) is 0 Å². The van der Waals surface area contributed by atoms with Crippen LogP contribution < -0.4 is 0 Å². The van der Waals surface area contributed by atoms with Gasteiger partial charge in [0.2, 0.25) is 0 Å². The first-order valence-electron chi connectivity index (χ1n) is 6.78. The Kier molecular flexibility index (Phi) is 4.78. The molecule has 0 heterocycles. The number of fused-ring (bicyclic) bond motifs is 1. The molecule has 0 aliphatic heterocycles. The van der Waals surface area contributed by atoms with Gasteiger partial charge in [-0.1, -0.05) is 42.5 Å². The summed E-state index contributed by atoms with van der Waals surface area (Å²) in [5.41, 5.74) is 1.11. The van der Waals surface area contributed by atoms with Crippen molar-refractivity contribution in [2.45, 2.75) is 25.4 Å². The zero-order chi connectivity index (χ0) is 14.6. The van der Waals surface area contributed by atoms with Gasteiger partial charge in [0, 0.05) is 12.0 Å². The van der Waals surface area contributed by atoms with Crippen molar-refractivity contribution in [1.82, 2.24) is 0 Å². The number of aliphatic hydroxyl groups is 1. The fourth-order valence-electron chi connectivity index (χ4n) is 2.41. The molecule has 0 spiro atoms. The van der Waals surface area contributed by atoms with E-state index in [1.807, 2.05) is 30.3 Å². The largest absolute Gasteiger partial charge is 0.393 e. The van der Waals surface area contributed by atoms with Crippen LogP contribution in [-0.2, 0) is 16.3 Å². The maximum atomic E-state index is 11.1. The summed E-state index contributed by atoms with van der Waals surface area (Å²) >= 11 is 0. The van der Waals surface area contributed by atoms with Gasteiger partial charge >= 0.3 is 0 Å². The Balaban J connectivity index is 2.01. The summed E-state index contributed by atoms with van der Waals surface area (Å²) in [4.78, 5) is 0. The molecule has 20 heavy (non-hydrogen) atoms. The summed E-state index contributed by atoms with van der Waals surface area (Å²) in [6.45, 7) is 0. The van der Waals surface area contributed by atoms with E-state index in [-0.39, 0.29) is 5.75 Å². The van der Waals surface area contributed by atoms with E-state index in [9.17, 15) is 13.5 Å². The van der Waals surface area contributed by atoms with Gasteiger partial charge in [-0.25, -0.2) is 8.42 Å². The van der Waals surface area contributed by atoms with Crippen molar-refractivity contribution in [2.75, 3.05) is 12.0 Å². The van der Waals surface area contributed by atoms with Gasteiger partial charge < -0.3 is 5.11 Å². The van der Waals surface area contributed by atoms with Gasteiger partial charge in [-0.2, -0.15) is 0 Å². The number of aliphatic hydroxyl groups excluding tert-OH is 1. The maximum Gasteiger partial charge on any atom is 0.147 e. The van der Waals surface area contributed by atoms with Crippen molar-refractivity contribution in [3.63, 3.8) is 0 Å². The van der Waals surface area contributed by atoms with E-state index in [4.69, 9.17) is 0 Å². The summed E-state index contributed by atoms with van der Waals surface area (Å²) in [7, 11) is -2.94. The van der Waals surface area contributed by atoms with Crippen LogP contribution in [0.15, 0.2) is 42.5 Å². The van der Waals surface area contributed by atoms with Crippen LogP contribution >= 0.6 is 0 Å². The van der Waals surface area contributed by atoms with E-state index >= 15 is 0 Å². The van der Waals surface area contributed by atoms with Crippen molar-refractivity contribution in [2.24, 2.45) is 0 Å². The van der Waals surface area contributed by atoms with Crippen molar-refractivity contribution < 1.29 is 13.5 Å². The van der Waals surface area contributed by atoms with E-state index in [2.05, 4.69) is 12.1 Å². The first-order valence-corrected chi connectivity index (χ1v) is 8.84. The minimum absolute atomic E-state index is 0.138. The summed E-state index contributed by atoms with van der Waals surface area (Å²) < 4.78 is 22.1. The quantitative estimate of drug-likeness (QED) is 0.890. The number of rotatable bonds is 6. The summed E-state index contributed by atoms with van der Waals surface area (Å²) in [6.07, 6.45) is 2.30. The van der Waals surface area contributed by atoms with Crippen LogP contribution in [0.25, 0.3) is 10.8 Å². The van der Waals surface area contributed by atoms with Gasteiger partial charge in [0.1, 0.15) is 9.84 Å². The van der Waals surface area contributed by atoms with Crippen LogP contribution in [0, 0.1) is 0 Å². The predicted molar refractivity (Wildman–Crippen MR) is 82.6 cm³/mol. The molecule has 0 saturated heterocycles. The minimum atomic E-state index is -2.94. The molecule has 0 aromatic heterocycles. The normalized spacial score (nSPS) is 13.5. The molecule has 4 heteroatoms. The molecule has 0 aliphatic rings. The molecule has 1 unspecified atom stereocenters. The Bertz CT molecular complexity index is 672. The predicted octanol–water partition coefficient (Wildman–Crippen LogP) is 2.57. The standard InChI is InChI=1S/C16H20O3S/c1-20(18,19)11-5-9-15(17)12-14-8-4-7-13-6-2-3-10-16(13)14/h2-4,6-8,10,15,17H,5,9,11-12H2,1H3. The Labute approximate surface area is 120 Å². The second-order valence-electron chi connectivity index (χ2n) is 5.27. The number of hydrogen-bond donors (Lipinski definition) is 1. The van der Waals surface area contributed by atoms with E-state index < -0.39 is 15.9 Å². The molecule has 1 atom stereocenters. The number of sulfone groups is 1. The SMILES string of the molecule is CS(=O)(=O)CCCC(O)Cc1cccc2ccccc12.